The van der Waals surface area contributed by atoms with Crippen LogP contribution in [0, 0.1) is 12.7 Å². The van der Waals surface area contributed by atoms with Crippen LogP contribution in [-0.4, -0.2) is 29.2 Å². The maximum absolute atomic E-state index is 13.5. The van der Waals surface area contributed by atoms with Crippen molar-refractivity contribution in [1.29, 1.82) is 0 Å². The van der Waals surface area contributed by atoms with Crippen LogP contribution in [0.3, 0.4) is 0 Å². The number of halogens is 1. The summed E-state index contributed by atoms with van der Waals surface area (Å²) in [5, 5.41) is 0. The number of rotatable bonds is 4. The first-order valence-electron chi connectivity index (χ1n) is 7.92. The topological polar surface area (TPSA) is 55.8 Å². The molecule has 0 saturated carbocycles. The van der Waals surface area contributed by atoms with E-state index in [1.54, 1.807) is 13.0 Å². The molecule has 0 spiro atoms. The molecule has 0 fully saturated rings. The quantitative estimate of drug-likeness (QED) is 0.834. The van der Waals surface area contributed by atoms with Crippen LogP contribution < -0.4 is 13.8 Å². The predicted octanol–water partition coefficient (Wildman–Crippen LogP) is 3.29. The third-order valence-corrected chi connectivity index (χ3v) is 6.32. The van der Waals surface area contributed by atoms with Gasteiger partial charge >= 0.3 is 0 Å². The Balaban J connectivity index is 2.13. The number of benzene rings is 2. The number of hydrogen-bond donors (Lipinski definition) is 0. The van der Waals surface area contributed by atoms with Gasteiger partial charge in [0.05, 0.1) is 24.8 Å². The molecule has 0 unspecified atom stereocenters. The molecule has 0 aliphatic carbocycles. The van der Waals surface area contributed by atoms with Crippen LogP contribution in [-0.2, 0) is 16.4 Å². The van der Waals surface area contributed by atoms with Crippen LogP contribution in [0.1, 0.15) is 17.5 Å². The predicted molar refractivity (Wildman–Crippen MR) is 93.5 cm³/mol. The lowest BCUT2D eigenvalue weighted by molar-refractivity contribution is 0.353. The smallest absolute Gasteiger partial charge is 0.264 e. The van der Waals surface area contributed by atoms with E-state index in [4.69, 9.17) is 9.47 Å². The number of sulfonamides is 1. The molecule has 0 atom stereocenters. The Morgan fingerprint density at radius 3 is 2.44 bits per heavy atom. The molecule has 1 aliphatic rings. The molecule has 134 valence electrons. The van der Waals surface area contributed by atoms with Crippen LogP contribution in [0.4, 0.5) is 10.1 Å². The Bertz CT molecular complexity index is 912. The minimum absolute atomic E-state index is 0.155. The Morgan fingerprint density at radius 1 is 1.08 bits per heavy atom. The monoisotopic (exact) mass is 365 g/mol. The highest BCUT2D eigenvalue weighted by Gasteiger charge is 2.31. The molecular formula is C18H20FNO4S. The molecule has 2 aromatic rings. The SMILES string of the molecule is COc1cc(C)c(S(=O)(=O)N2CCCc3cc(F)ccc32)cc1OC. The van der Waals surface area contributed by atoms with E-state index in [0.717, 1.165) is 0 Å². The summed E-state index contributed by atoms with van der Waals surface area (Å²) in [6.45, 7) is 2.07. The lowest BCUT2D eigenvalue weighted by atomic mass is 10.0. The summed E-state index contributed by atoms with van der Waals surface area (Å²) in [5.74, 6) is 0.461. The Morgan fingerprint density at radius 2 is 1.76 bits per heavy atom. The molecule has 0 saturated heterocycles. The molecule has 0 N–H and O–H groups in total. The average Bonchev–Trinajstić information content (AvgIpc) is 2.60. The zero-order valence-electron chi connectivity index (χ0n) is 14.4. The van der Waals surface area contributed by atoms with E-state index >= 15 is 0 Å². The van der Waals surface area contributed by atoms with E-state index < -0.39 is 10.0 Å². The van der Waals surface area contributed by atoms with Gasteiger partial charge in [-0.25, -0.2) is 12.8 Å². The van der Waals surface area contributed by atoms with Gasteiger partial charge in [-0.2, -0.15) is 0 Å². The van der Waals surface area contributed by atoms with Crippen molar-refractivity contribution in [3.8, 4) is 11.5 Å². The highest BCUT2D eigenvalue weighted by atomic mass is 32.2. The van der Waals surface area contributed by atoms with Crippen molar-refractivity contribution in [2.45, 2.75) is 24.7 Å². The summed E-state index contributed by atoms with van der Waals surface area (Å²) in [6.07, 6.45) is 1.30. The number of nitrogens with zero attached hydrogens (tertiary/aromatic N) is 1. The van der Waals surface area contributed by atoms with Gasteiger partial charge in [0.2, 0.25) is 0 Å². The standard InChI is InChI=1S/C18H20FNO4S/c1-12-9-16(23-2)17(24-3)11-18(12)25(21,22)20-8-4-5-13-10-14(19)6-7-15(13)20/h6-7,9-11H,4-5,8H2,1-3H3. The lowest BCUT2D eigenvalue weighted by Crippen LogP contribution is -2.36. The number of aryl methyl sites for hydroxylation is 2. The van der Waals surface area contributed by atoms with E-state index in [9.17, 15) is 12.8 Å². The maximum atomic E-state index is 13.5. The molecule has 0 radical (unpaired) electrons. The van der Waals surface area contributed by atoms with Gasteiger partial charge in [-0.15, -0.1) is 0 Å². The minimum atomic E-state index is -3.80. The molecule has 7 heteroatoms. The first kappa shape index (κ1) is 17.5. The highest BCUT2D eigenvalue weighted by molar-refractivity contribution is 7.92. The normalized spacial score (nSPS) is 14.2. The van der Waals surface area contributed by atoms with Gasteiger partial charge in [0.25, 0.3) is 10.0 Å². The number of methoxy groups -OCH3 is 2. The van der Waals surface area contributed by atoms with Gasteiger partial charge in [0, 0.05) is 12.6 Å². The van der Waals surface area contributed by atoms with E-state index in [0.29, 0.717) is 47.7 Å². The zero-order chi connectivity index (χ0) is 18.2. The third kappa shape index (κ3) is 3.04. The number of fused-ring (bicyclic) bond motifs is 1. The van der Waals surface area contributed by atoms with Crippen molar-refractivity contribution in [3.05, 3.63) is 47.3 Å². The first-order valence-corrected chi connectivity index (χ1v) is 9.36. The summed E-state index contributed by atoms with van der Waals surface area (Å²) >= 11 is 0. The van der Waals surface area contributed by atoms with Crippen molar-refractivity contribution in [1.82, 2.24) is 0 Å². The molecule has 0 bridgehead atoms. The van der Waals surface area contributed by atoms with Crippen molar-refractivity contribution in [2.75, 3.05) is 25.1 Å². The van der Waals surface area contributed by atoms with Crippen molar-refractivity contribution in [2.24, 2.45) is 0 Å². The van der Waals surface area contributed by atoms with Crippen molar-refractivity contribution < 1.29 is 22.3 Å². The molecule has 0 aromatic heterocycles. The molecular weight excluding hydrogens is 345 g/mol. The van der Waals surface area contributed by atoms with Crippen LogP contribution >= 0.6 is 0 Å². The fourth-order valence-corrected chi connectivity index (χ4v) is 4.91. The van der Waals surface area contributed by atoms with Crippen LogP contribution in [0.15, 0.2) is 35.2 Å². The molecule has 5 nitrogen and oxygen atoms in total. The average molecular weight is 365 g/mol. The Labute approximate surface area is 147 Å². The Kier molecular flexibility index (Phi) is 4.60. The fourth-order valence-electron chi connectivity index (χ4n) is 3.14. The van der Waals surface area contributed by atoms with Crippen LogP contribution in [0.5, 0.6) is 11.5 Å². The van der Waals surface area contributed by atoms with Crippen LogP contribution in [0.25, 0.3) is 0 Å². The van der Waals surface area contributed by atoms with Gasteiger partial charge in [-0.05, 0) is 55.2 Å². The maximum Gasteiger partial charge on any atom is 0.264 e. The molecule has 0 amide bonds. The largest absolute Gasteiger partial charge is 0.493 e. The second-order valence-corrected chi connectivity index (χ2v) is 7.76. The van der Waals surface area contributed by atoms with Crippen LogP contribution in [0.2, 0.25) is 0 Å². The summed E-state index contributed by atoms with van der Waals surface area (Å²) in [4.78, 5) is 0.155. The number of anilines is 1. The third-order valence-electron chi connectivity index (χ3n) is 4.37. The second kappa shape index (κ2) is 6.55. The first-order chi connectivity index (χ1) is 11.9. The van der Waals surface area contributed by atoms with E-state index in [1.165, 1.54) is 42.8 Å². The summed E-state index contributed by atoms with van der Waals surface area (Å²) < 4.78 is 51.8. The van der Waals surface area contributed by atoms with Crippen molar-refractivity contribution in [3.63, 3.8) is 0 Å². The second-order valence-electron chi connectivity index (χ2n) is 5.93. The van der Waals surface area contributed by atoms with E-state index in [1.807, 2.05) is 0 Å². The highest BCUT2D eigenvalue weighted by Crippen LogP contribution is 2.37. The van der Waals surface area contributed by atoms with E-state index in [2.05, 4.69) is 0 Å². The lowest BCUT2D eigenvalue weighted by Gasteiger charge is -2.31. The molecule has 3 rings (SSSR count). The van der Waals surface area contributed by atoms with Gasteiger partial charge in [0.1, 0.15) is 5.82 Å². The van der Waals surface area contributed by atoms with Gasteiger partial charge in [-0.3, -0.25) is 4.31 Å². The summed E-state index contributed by atoms with van der Waals surface area (Å²) in [5.41, 5.74) is 1.79. The molecule has 1 heterocycles. The van der Waals surface area contributed by atoms with Gasteiger partial charge in [-0.1, -0.05) is 0 Å². The summed E-state index contributed by atoms with van der Waals surface area (Å²) in [7, 11) is -0.839. The van der Waals surface area contributed by atoms with Crippen molar-refractivity contribution >= 4 is 15.7 Å². The van der Waals surface area contributed by atoms with Gasteiger partial charge < -0.3 is 9.47 Å². The van der Waals surface area contributed by atoms with E-state index in [-0.39, 0.29) is 10.7 Å². The minimum Gasteiger partial charge on any atom is -0.493 e. The fraction of sp³-hybridized carbons (Fsp3) is 0.333. The molecule has 25 heavy (non-hydrogen) atoms. The molecule has 1 aliphatic heterocycles. The number of ether oxygens (including phenoxy) is 2. The Hall–Kier alpha value is -2.28. The summed E-state index contributed by atoms with van der Waals surface area (Å²) in [6, 6.07) is 7.33. The molecule has 2 aromatic carbocycles. The zero-order valence-corrected chi connectivity index (χ0v) is 15.2. The number of hydrogen-bond acceptors (Lipinski definition) is 4. The van der Waals surface area contributed by atoms with Gasteiger partial charge in [0.15, 0.2) is 11.5 Å².